The number of thioether (sulfide) groups is 1. The molecule has 0 saturated carbocycles. The zero-order chi connectivity index (χ0) is 19.1. The number of ether oxygens (including phenoxy) is 2. The van der Waals surface area contributed by atoms with Crippen LogP contribution in [0, 0.1) is 0 Å². The molecular weight excluding hydrogens is 362 g/mol. The fourth-order valence-corrected chi connectivity index (χ4v) is 3.50. The molecule has 0 aliphatic carbocycles. The number of fused-ring (bicyclic) bond motifs is 1. The summed E-state index contributed by atoms with van der Waals surface area (Å²) >= 11 is 1.41. The van der Waals surface area contributed by atoms with Crippen molar-refractivity contribution < 1.29 is 19.1 Å². The van der Waals surface area contributed by atoms with Gasteiger partial charge in [0.05, 0.1) is 25.0 Å². The maximum Gasteiger partial charge on any atom is 0.230 e. The fraction of sp³-hybridized carbons (Fsp3) is 0.333. The molecule has 1 aliphatic rings. The number of carbonyl (C=O) groups excluding carboxylic acids is 2. The van der Waals surface area contributed by atoms with Crippen molar-refractivity contribution >= 4 is 23.5 Å². The van der Waals surface area contributed by atoms with Crippen LogP contribution in [-0.4, -0.2) is 36.7 Å². The highest BCUT2D eigenvalue weighted by molar-refractivity contribution is 8.00. The van der Waals surface area contributed by atoms with Crippen molar-refractivity contribution in [3.8, 4) is 11.5 Å². The smallest absolute Gasteiger partial charge is 0.230 e. The van der Waals surface area contributed by atoms with Gasteiger partial charge in [-0.1, -0.05) is 30.3 Å². The Balaban J connectivity index is 1.55. The molecule has 3 rings (SSSR count). The summed E-state index contributed by atoms with van der Waals surface area (Å²) in [5.41, 5.74) is 1.02. The molecule has 0 radical (unpaired) electrons. The van der Waals surface area contributed by atoms with E-state index in [1.807, 2.05) is 48.5 Å². The lowest BCUT2D eigenvalue weighted by Gasteiger charge is -2.16. The second-order valence-corrected chi connectivity index (χ2v) is 7.42. The molecule has 1 N–H and O–H groups in total. The third kappa shape index (κ3) is 5.76. The molecule has 0 spiro atoms. The molecular formula is C21H23NO4S. The van der Waals surface area contributed by atoms with Gasteiger partial charge in [-0.3, -0.25) is 9.59 Å². The van der Waals surface area contributed by atoms with E-state index in [9.17, 15) is 9.59 Å². The minimum Gasteiger partial charge on any atom is -0.490 e. The van der Waals surface area contributed by atoms with Gasteiger partial charge >= 0.3 is 0 Å². The van der Waals surface area contributed by atoms with Gasteiger partial charge in [-0.25, -0.2) is 0 Å². The first kappa shape index (κ1) is 19.3. The highest BCUT2D eigenvalue weighted by Crippen LogP contribution is 2.33. The Morgan fingerprint density at radius 2 is 1.81 bits per heavy atom. The molecule has 1 aliphatic heterocycles. The topological polar surface area (TPSA) is 64.6 Å². The lowest BCUT2D eigenvalue weighted by atomic mass is 10.0. The van der Waals surface area contributed by atoms with Gasteiger partial charge < -0.3 is 14.8 Å². The van der Waals surface area contributed by atoms with Gasteiger partial charge in [-0.05, 0) is 37.1 Å². The van der Waals surface area contributed by atoms with Crippen molar-refractivity contribution in [2.75, 3.05) is 19.0 Å². The van der Waals surface area contributed by atoms with E-state index >= 15 is 0 Å². The zero-order valence-electron chi connectivity index (χ0n) is 15.3. The van der Waals surface area contributed by atoms with Crippen molar-refractivity contribution in [1.82, 2.24) is 5.32 Å². The van der Waals surface area contributed by atoms with E-state index in [2.05, 4.69) is 5.32 Å². The Labute approximate surface area is 163 Å². The van der Waals surface area contributed by atoms with Gasteiger partial charge in [0.15, 0.2) is 17.3 Å². The maximum absolute atomic E-state index is 12.3. The Bertz CT molecular complexity index is 794. The van der Waals surface area contributed by atoms with Crippen LogP contribution < -0.4 is 14.8 Å². The SMILES string of the molecule is CC(=O)[C@H](Cc1ccccc1)NC(=O)CSc1ccc2c(c1)OCCCO2. The largest absolute Gasteiger partial charge is 0.490 e. The minimum absolute atomic E-state index is 0.0483. The van der Waals surface area contributed by atoms with Gasteiger partial charge in [0, 0.05) is 11.3 Å². The van der Waals surface area contributed by atoms with E-state index in [-0.39, 0.29) is 17.4 Å². The first-order valence-electron chi connectivity index (χ1n) is 8.98. The van der Waals surface area contributed by atoms with Crippen LogP contribution in [-0.2, 0) is 16.0 Å². The first-order chi connectivity index (χ1) is 13.1. The Hall–Kier alpha value is -2.47. The molecule has 0 bridgehead atoms. The molecule has 0 unspecified atom stereocenters. The van der Waals surface area contributed by atoms with Crippen LogP contribution in [0.15, 0.2) is 53.4 Å². The predicted octanol–water partition coefficient (Wildman–Crippen LogP) is 3.26. The number of hydrogen-bond donors (Lipinski definition) is 1. The number of nitrogens with one attached hydrogen (secondary N) is 1. The summed E-state index contributed by atoms with van der Waals surface area (Å²) in [5.74, 6) is 1.47. The van der Waals surface area contributed by atoms with E-state index in [0.717, 1.165) is 22.6 Å². The van der Waals surface area contributed by atoms with E-state index in [1.165, 1.54) is 18.7 Å². The number of rotatable bonds is 7. The summed E-state index contributed by atoms with van der Waals surface area (Å²) < 4.78 is 11.3. The molecule has 0 aromatic heterocycles. The molecule has 2 aromatic rings. The monoisotopic (exact) mass is 385 g/mol. The van der Waals surface area contributed by atoms with E-state index < -0.39 is 6.04 Å². The second-order valence-electron chi connectivity index (χ2n) is 6.37. The highest BCUT2D eigenvalue weighted by atomic mass is 32.2. The van der Waals surface area contributed by atoms with Crippen molar-refractivity contribution in [1.29, 1.82) is 0 Å². The third-order valence-corrected chi connectivity index (χ3v) is 5.19. The van der Waals surface area contributed by atoms with Gasteiger partial charge in [0.25, 0.3) is 0 Å². The van der Waals surface area contributed by atoms with Gasteiger partial charge in [0.2, 0.25) is 5.91 Å². The molecule has 0 fully saturated rings. The summed E-state index contributed by atoms with van der Waals surface area (Å²) in [5, 5.41) is 2.84. The van der Waals surface area contributed by atoms with Crippen LogP contribution in [0.4, 0.5) is 0 Å². The lowest BCUT2D eigenvalue weighted by molar-refractivity contribution is -0.125. The third-order valence-electron chi connectivity index (χ3n) is 4.20. The number of hydrogen-bond acceptors (Lipinski definition) is 5. The van der Waals surface area contributed by atoms with Gasteiger partial charge in [-0.2, -0.15) is 0 Å². The quantitative estimate of drug-likeness (QED) is 0.741. The van der Waals surface area contributed by atoms with Crippen LogP contribution >= 0.6 is 11.8 Å². The van der Waals surface area contributed by atoms with Crippen LogP contribution in [0.5, 0.6) is 11.5 Å². The molecule has 5 nitrogen and oxygen atoms in total. The first-order valence-corrected chi connectivity index (χ1v) is 9.96. The summed E-state index contributed by atoms with van der Waals surface area (Å²) in [6.07, 6.45) is 1.35. The zero-order valence-corrected chi connectivity index (χ0v) is 16.1. The van der Waals surface area contributed by atoms with Gasteiger partial charge in [-0.15, -0.1) is 11.8 Å². The second kappa shape index (κ2) is 9.46. The van der Waals surface area contributed by atoms with Crippen molar-refractivity contribution in [3.63, 3.8) is 0 Å². The number of amides is 1. The van der Waals surface area contributed by atoms with Crippen LogP contribution in [0.2, 0.25) is 0 Å². The predicted molar refractivity (Wildman–Crippen MR) is 106 cm³/mol. The maximum atomic E-state index is 12.3. The average Bonchev–Trinajstić information content (AvgIpc) is 2.91. The van der Waals surface area contributed by atoms with E-state index in [0.29, 0.717) is 25.4 Å². The number of ketones is 1. The summed E-state index contributed by atoms with van der Waals surface area (Å²) in [7, 11) is 0. The van der Waals surface area contributed by atoms with Crippen molar-refractivity contribution in [2.24, 2.45) is 0 Å². The average molecular weight is 385 g/mol. The molecule has 1 heterocycles. The molecule has 27 heavy (non-hydrogen) atoms. The highest BCUT2D eigenvalue weighted by Gasteiger charge is 2.18. The fourth-order valence-electron chi connectivity index (χ4n) is 2.76. The van der Waals surface area contributed by atoms with E-state index in [4.69, 9.17) is 9.47 Å². The van der Waals surface area contributed by atoms with E-state index in [1.54, 1.807) is 0 Å². The molecule has 1 amide bonds. The lowest BCUT2D eigenvalue weighted by Crippen LogP contribution is -2.42. The Morgan fingerprint density at radius 3 is 2.56 bits per heavy atom. The summed E-state index contributed by atoms with van der Waals surface area (Å²) in [6, 6.07) is 14.9. The van der Waals surface area contributed by atoms with Gasteiger partial charge in [0.1, 0.15) is 0 Å². The van der Waals surface area contributed by atoms with Crippen LogP contribution in [0.25, 0.3) is 0 Å². The number of Topliss-reactive ketones (excluding diaryl/α,β-unsaturated/α-hetero) is 1. The number of carbonyl (C=O) groups is 2. The Kier molecular flexibility index (Phi) is 6.76. The van der Waals surface area contributed by atoms with Crippen LogP contribution in [0.1, 0.15) is 18.9 Å². The molecule has 2 aromatic carbocycles. The summed E-state index contributed by atoms with van der Waals surface area (Å²) in [4.78, 5) is 25.2. The van der Waals surface area contributed by atoms with Crippen molar-refractivity contribution in [3.05, 3.63) is 54.1 Å². The standard InChI is InChI=1S/C21H23NO4S/c1-15(23)18(12-16-6-3-2-4-7-16)22-21(24)14-27-17-8-9-19-20(13-17)26-11-5-10-25-19/h2-4,6-9,13,18H,5,10-12,14H2,1H3,(H,22,24)/t18-/m0/s1. The normalized spacial score (nSPS) is 14.1. The van der Waals surface area contributed by atoms with Crippen molar-refractivity contribution in [2.45, 2.75) is 30.7 Å². The minimum atomic E-state index is -0.510. The molecule has 1 atom stereocenters. The molecule has 142 valence electrons. The molecule has 6 heteroatoms. The summed E-state index contributed by atoms with van der Waals surface area (Å²) in [6.45, 7) is 2.78. The van der Waals surface area contributed by atoms with Crippen LogP contribution in [0.3, 0.4) is 0 Å². The Morgan fingerprint density at radius 1 is 1.07 bits per heavy atom. The molecule has 0 saturated heterocycles. The number of benzene rings is 2.